The van der Waals surface area contributed by atoms with Crippen molar-refractivity contribution in [1.82, 2.24) is 15.5 Å². The highest BCUT2D eigenvalue weighted by Crippen LogP contribution is 2.29. The van der Waals surface area contributed by atoms with Crippen molar-refractivity contribution in [2.24, 2.45) is 11.8 Å². The highest BCUT2D eigenvalue weighted by molar-refractivity contribution is 6.30. The third kappa shape index (κ3) is 4.60. The molecule has 8 heteroatoms. The number of carbonyl (C=O) groups is 2. The van der Waals surface area contributed by atoms with E-state index in [1.54, 1.807) is 12.1 Å². The van der Waals surface area contributed by atoms with Crippen LogP contribution in [-0.2, 0) is 16.0 Å². The first-order valence-electron chi connectivity index (χ1n) is 8.62. The van der Waals surface area contributed by atoms with Crippen molar-refractivity contribution >= 4 is 23.5 Å². The fourth-order valence-electron chi connectivity index (χ4n) is 3.14. The summed E-state index contributed by atoms with van der Waals surface area (Å²) in [7, 11) is 0. The van der Waals surface area contributed by atoms with Crippen LogP contribution < -0.4 is 5.32 Å². The van der Waals surface area contributed by atoms with Gasteiger partial charge in [0.2, 0.25) is 17.6 Å². The Hall–Kier alpha value is -2.41. The van der Waals surface area contributed by atoms with Crippen molar-refractivity contribution in [2.45, 2.75) is 32.1 Å². The lowest BCUT2D eigenvalue weighted by Gasteiger charge is -2.25. The largest absolute Gasteiger partial charge is 0.481 e. The molecule has 138 valence electrons. The molecule has 1 fully saturated rings. The molecule has 26 heavy (non-hydrogen) atoms. The second kappa shape index (κ2) is 8.31. The zero-order valence-electron chi connectivity index (χ0n) is 14.2. The molecular weight excluding hydrogens is 358 g/mol. The maximum atomic E-state index is 12.2. The number of benzene rings is 1. The van der Waals surface area contributed by atoms with Crippen LogP contribution in [0.3, 0.4) is 0 Å². The van der Waals surface area contributed by atoms with Gasteiger partial charge in [-0.05, 0) is 37.8 Å². The lowest BCUT2D eigenvalue weighted by molar-refractivity contribution is -0.144. The number of hydrogen-bond acceptors (Lipinski definition) is 5. The van der Waals surface area contributed by atoms with Gasteiger partial charge in [-0.15, -0.1) is 0 Å². The molecule has 1 aliphatic carbocycles. The number of carboxylic acids is 1. The predicted octanol–water partition coefficient (Wildman–Crippen LogP) is 2.94. The van der Waals surface area contributed by atoms with Gasteiger partial charge < -0.3 is 14.9 Å². The fraction of sp³-hybridized carbons (Fsp3) is 0.444. The van der Waals surface area contributed by atoms with E-state index in [0.717, 1.165) is 5.56 Å². The third-order valence-electron chi connectivity index (χ3n) is 4.64. The predicted molar refractivity (Wildman–Crippen MR) is 94.5 cm³/mol. The second-order valence-corrected chi connectivity index (χ2v) is 6.89. The van der Waals surface area contributed by atoms with Gasteiger partial charge in [-0.1, -0.05) is 28.9 Å². The topological polar surface area (TPSA) is 105 Å². The van der Waals surface area contributed by atoms with Crippen LogP contribution >= 0.6 is 11.6 Å². The van der Waals surface area contributed by atoms with Crippen LogP contribution in [0.2, 0.25) is 5.02 Å². The smallest absolute Gasteiger partial charge is 0.306 e. The van der Waals surface area contributed by atoms with Gasteiger partial charge in [-0.3, -0.25) is 9.59 Å². The van der Waals surface area contributed by atoms with Gasteiger partial charge >= 0.3 is 5.97 Å². The Morgan fingerprint density at radius 2 is 1.96 bits per heavy atom. The summed E-state index contributed by atoms with van der Waals surface area (Å²) in [5.41, 5.74) is 0.770. The second-order valence-electron chi connectivity index (χ2n) is 6.45. The zero-order chi connectivity index (χ0) is 18.5. The monoisotopic (exact) mass is 377 g/mol. The summed E-state index contributed by atoms with van der Waals surface area (Å²) < 4.78 is 5.21. The summed E-state index contributed by atoms with van der Waals surface area (Å²) in [6.07, 6.45) is 2.77. The van der Waals surface area contributed by atoms with Gasteiger partial charge in [0.05, 0.1) is 5.92 Å². The summed E-state index contributed by atoms with van der Waals surface area (Å²) in [4.78, 5) is 27.4. The SMILES string of the molecule is O=C(O)C1CCC(C(=O)NCCc2nc(-c3cccc(Cl)c3)no2)CC1. The Morgan fingerprint density at radius 3 is 2.65 bits per heavy atom. The van der Waals surface area contributed by atoms with Crippen LogP contribution in [0.1, 0.15) is 31.6 Å². The number of amides is 1. The van der Waals surface area contributed by atoms with E-state index >= 15 is 0 Å². The van der Waals surface area contributed by atoms with E-state index in [9.17, 15) is 9.59 Å². The van der Waals surface area contributed by atoms with E-state index in [1.165, 1.54) is 0 Å². The van der Waals surface area contributed by atoms with Crippen molar-refractivity contribution in [1.29, 1.82) is 0 Å². The minimum atomic E-state index is -0.768. The molecule has 2 aromatic rings. The molecule has 0 aliphatic heterocycles. The first-order valence-corrected chi connectivity index (χ1v) is 9.00. The van der Waals surface area contributed by atoms with Crippen molar-refractivity contribution in [2.75, 3.05) is 6.54 Å². The number of halogens is 1. The van der Waals surface area contributed by atoms with Crippen LogP contribution in [-0.4, -0.2) is 33.7 Å². The first kappa shape index (κ1) is 18.4. The molecule has 0 unspecified atom stereocenters. The third-order valence-corrected chi connectivity index (χ3v) is 4.87. The lowest BCUT2D eigenvalue weighted by Crippen LogP contribution is -2.35. The zero-order valence-corrected chi connectivity index (χ0v) is 14.9. The molecule has 7 nitrogen and oxygen atoms in total. The molecule has 0 atom stereocenters. The molecular formula is C18H20ClN3O4. The molecule has 1 amide bonds. The van der Waals surface area contributed by atoms with Crippen LogP contribution in [0.4, 0.5) is 0 Å². The Kier molecular flexibility index (Phi) is 5.88. The number of carboxylic acid groups (broad SMARTS) is 1. The first-order chi connectivity index (χ1) is 12.5. The Labute approximate surface area is 155 Å². The summed E-state index contributed by atoms with van der Waals surface area (Å²) in [6, 6.07) is 7.18. The molecule has 1 saturated carbocycles. The molecule has 0 radical (unpaired) electrons. The average molecular weight is 378 g/mol. The molecule has 1 aromatic heterocycles. The van der Waals surface area contributed by atoms with E-state index in [4.69, 9.17) is 21.2 Å². The van der Waals surface area contributed by atoms with Gasteiger partial charge in [-0.2, -0.15) is 4.98 Å². The van der Waals surface area contributed by atoms with E-state index in [1.807, 2.05) is 12.1 Å². The number of aromatic nitrogens is 2. The average Bonchev–Trinajstić information content (AvgIpc) is 3.10. The highest BCUT2D eigenvalue weighted by atomic mass is 35.5. The van der Waals surface area contributed by atoms with E-state index in [-0.39, 0.29) is 17.7 Å². The minimum Gasteiger partial charge on any atom is -0.481 e. The van der Waals surface area contributed by atoms with Crippen LogP contribution in [0, 0.1) is 11.8 Å². The van der Waals surface area contributed by atoms with Crippen LogP contribution in [0.15, 0.2) is 28.8 Å². The normalized spacial score (nSPS) is 19.9. The van der Waals surface area contributed by atoms with Crippen molar-refractivity contribution in [3.63, 3.8) is 0 Å². The number of nitrogens with one attached hydrogen (secondary N) is 1. The van der Waals surface area contributed by atoms with Gasteiger partial charge in [0.25, 0.3) is 0 Å². The van der Waals surface area contributed by atoms with Crippen LogP contribution in [0.5, 0.6) is 0 Å². The standard InChI is InChI=1S/C18H20ClN3O4/c19-14-3-1-2-13(10-14)16-21-15(26-22-16)8-9-20-17(23)11-4-6-12(7-5-11)18(24)25/h1-3,10-12H,4-9H2,(H,20,23)(H,24,25). The summed E-state index contributed by atoms with van der Waals surface area (Å²) in [5, 5.41) is 16.4. The fourth-order valence-corrected chi connectivity index (χ4v) is 3.33. The summed E-state index contributed by atoms with van der Waals surface area (Å²) >= 11 is 5.95. The number of carbonyl (C=O) groups excluding carboxylic acids is 1. The lowest BCUT2D eigenvalue weighted by atomic mass is 9.81. The quantitative estimate of drug-likeness (QED) is 0.801. The highest BCUT2D eigenvalue weighted by Gasteiger charge is 2.29. The maximum absolute atomic E-state index is 12.2. The van der Waals surface area contributed by atoms with Gasteiger partial charge in [0.1, 0.15) is 0 Å². The van der Waals surface area contributed by atoms with Gasteiger partial charge in [0, 0.05) is 29.5 Å². The molecule has 3 rings (SSSR count). The van der Waals surface area contributed by atoms with E-state index in [0.29, 0.717) is 55.4 Å². The molecule has 1 heterocycles. The molecule has 0 saturated heterocycles. The van der Waals surface area contributed by atoms with E-state index < -0.39 is 5.97 Å². The molecule has 2 N–H and O–H groups in total. The van der Waals surface area contributed by atoms with Gasteiger partial charge in [0.15, 0.2) is 0 Å². The number of rotatable bonds is 6. The summed E-state index contributed by atoms with van der Waals surface area (Å²) in [6.45, 7) is 0.398. The van der Waals surface area contributed by atoms with E-state index in [2.05, 4.69) is 15.5 Å². The minimum absolute atomic E-state index is 0.0385. The Morgan fingerprint density at radius 1 is 1.23 bits per heavy atom. The number of hydrogen-bond donors (Lipinski definition) is 2. The van der Waals surface area contributed by atoms with Crippen molar-refractivity contribution in [3.05, 3.63) is 35.2 Å². The Balaban J connectivity index is 1.45. The number of aliphatic carboxylic acids is 1. The van der Waals surface area contributed by atoms with Gasteiger partial charge in [-0.25, -0.2) is 0 Å². The Bertz CT molecular complexity index is 784. The molecule has 0 spiro atoms. The van der Waals surface area contributed by atoms with Crippen molar-refractivity contribution in [3.8, 4) is 11.4 Å². The number of nitrogens with zero attached hydrogens (tertiary/aromatic N) is 2. The summed E-state index contributed by atoms with van der Waals surface area (Å²) in [5.74, 6) is -0.340. The van der Waals surface area contributed by atoms with Crippen LogP contribution in [0.25, 0.3) is 11.4 Å². The maximum Gasteiger partial charge on any atom is 0.306 e. The molecule has 0 bridgehead atoms. The molecule has 1 aromatic carbocycles. The van der Waals surface area contributed by atoms with Crippen molar-refractivity contribution < 1.29 is 19.2 Å². The molecule has 1 aliphatic rings.